The van der Waals surface area contributed by atoms with Crippen LogP contribution in [0.1, 0.15) is 43.2 Å². The molecule has 0 bridgehead atoms. The maximum absolute atomic E-state index is 5.79. The van der Waals surface area contributed by atoms with Crippen molar-refractivity contribution in [3.05, 3.63) is 29.3 Å². The lowest BCUT2D eigenvalue weighted by Gasteiger charge is -2.12. The normalized spacial score (nSPS) is 16.1. The quantitative estimate of drug-likeness (QED) is 0.775. The third-order valence-electron chi connectivity index (χ3n) is 3.57. The summed E-state index contributed by atoms with van der Waals surface area (Å²) in [6.45, 7) is 6.11. The number of nitrogens with one attached hydrogen (secondary N) is 1. The highest BCUT2D eigenvalue weighted by molar-refractivity contribution is 5.32. The molecule has 1 fully saturated rings. The summed E-state index contributed by atoms with van der Waals surface area (Å²) in [4.78, 5) is 0. The van der Waals surface area contributed by atoms with Gasteiger partial charge in [0, 0.05) is 6.04 Å². The molecular weight excluding hydrogens is 222 g/mol. The molecule has 2 heteroatoms. The van der Waals surface area contributed by atoms with Gasteiger partial charge in [-0.1, -0.05) is 18.9 Å². The zero-order valence-electron chi connectivity index (χ0n) is 11.7. The van der Waals surface area contributed by atoms with E-state index in [1.807, 2.05) is 0 Å². The highest BCUT2D eigenvalue weighted by Gasteiger charge is 2.13. The molecule has 0 radical (unpaired) electrons. The maximum Gasteiger partial charge on any atom is 0.119 e. The molecule has 2 rings (SSSR count). The van der Waals surface area contributed by atoms with Gasteiger partial charge in [0.1, 0.15) is 5.75 Å². The molecule has 0 amide bonds. The standard InChI is InChI=1S/C16H25NO/c1-13-10-14(2)12-16(11-13)18-9-5-8-17-15-6-3-4-7-15/h10-12,15,17H,3-9H2,1-2H3. The Hall–Kier alpha value is -1.02. The average molecular weight is 247 g/mol. The molecular formula is C16H25NO. The number of aryl methyl sites for hydroxylation is 2. The third kappa shape index (κ3) is 4.34. The Morgan fingerprint density at radius 1 is 1.11 bits per heavy atom. The second-order valence-electron chi connectivity index (χ2n) is 5.46. The molecule has 0 heterocycles. The summed E-state index contributed by atoms with van der Waals surface area (Å²) in [7, 11) is 0. The van der Waals surface area contributed by atoms with E-state index in [1.54, 1.807) is 0 Å². The fourth-order valence-corrected chi connectivity index (χ4v) is 2.71. The van der Waals surface area contributed by atoms with Crippen LogP contribution in [-0.2, 0) is 0 Å². The Labute approximate surface area is 111 Å². The minimum Gasteiger partial charge on any atom is -0.494 e. The van der Waals surface area contributed by atoms with Gasteiger partial charge < -0.3 is 10.1 Å². The van der Waals surface area contributed by atoms with Crippen molar-refractivity contribution in [2.45, 2.75) is 52.0 Å². The van der Waals surface area contributed by atoms with Gasteiger partial charge in [-0.25, -0.2) is 0 Å². The van der Waals surface area contributed by atoms with Crippen LogP contribution in [0.2, 0.25) is 0 Å². The summed E-state index contributed by atoms with van der Waals surface area (Å²) >= 11 is 0. The molecule has 2 nitrogen and oxygen atoms in total. The van der Waals surface area contributed by atoms with Crippen LogP contribution in [0.4, 0.5) is 0 Å². The number of ether oxygens (including phenoxy) is 1. The number of benzene rings is 1. The van der Waals surface area contributed by atoms with Crippen LogP contribution >= 0.6 is 0 Å². The van der Waals surface area contributed by atoms with Crippen molar-refractivity contribution < 1.29 is 4.74 Å². The van der Waals surface area contributed by atoms with Crippen LogP contribution in [-0.4, -0.2) is 19.2 Å². The summed E-state index contributed by atoms with van der Waals surface area (Å²) in [6.07, 6.45) is 6.60. The van der Waals surface area contributed by atoms with E-state index in [0.717, 1.165) is 31.4 Å². The molecule has 0 aromatic heterocycles. The smallest absolute Gasteiger partial charge is 0.119 e. The van der Waals surface area contributed by atoms with Crippen molar-refractivity contribution in [2.24, 2.45) is 0 Å². The van der Waals surface area contributed by atoms with E-state index in [2.05, 4.69) is 37.4 Å². The van der Waals surface area contributed by atoms with E-state index in [0.29, 0.717) is 0 Å². The molecule has 1 aromatic carbocycles. The van der Waals surface area contributed by atoms with Crippen LogP contribution in [0.3, 0.4) is 0 Å². The highest BCUT2D eigenvalue weighted by Crippen LogP contribution is 2.18. The fourth-order valence-electron chi connectivity index (χ4n) is 2.71. The first kappa shape index (κ1) is 13.4. The van der Waals surface area contributed by atoms with E-state index in [-0.39, 0.29) is 0 Å². The van der Waals surface area contributed by atoms with Crippen LogP contribution in [0.5, 0.6) is 5.75 Å². The van der Waals surface area contributed by atoms with Crippen LogP contribution in [0.15, 0.2) is 18.2 Å². The minimum absolute atomic E-state index is 0.770. The van der Waals surface area contributed by atoms with Gasteiger partial charge in [0.05, 0.1) is 6.61 Å². The van der Waals surface area contributed by atoms with Gasteiger partial charge in [-0.2, -0.15) is 0 Å². The van der Waals surface area contributed by atoms with Crippen molar-refractivity contribution in [1.29, 1.82) is 0 Å². The molecule has 1 aliphatic carbocycles. The largest absolute Gasteiger partial charge is 0.494 e. The first-order valence-electron chi connectivity index (χ1n) is 7.18. The van der Waals surface area contributed by atoms with E-state index in [4.69, 9.17) is 4.74 Å². The first-order valence-corrected chi connectivity index (χ1v) is 7.18. The lowest BCUT2D eigenvalue weighted by molar-refractivity contribution is 0.304. The minimum atomic E-state index is 0.770. The van der Waals surface area contributed by atoms with Crippen LogP contribution in [0, 0.1) is 13.8 Å². The molecule has 0 saturated heterocycles. The van der Waals surface area contributed by atoms with Crippen molar-refractivity contribution in [1.82, 2.24) is 5.32 Å². The Morgan fingerprint density at radius 3 is 2.44 bits per heavy atom. The van der Waals surface area contributed by atoms with Gasteiger partial charge in [0.25, 0.3) is 0 Å². The number of rotatable bonds is 6. The van der Waals surface area contributed by atoms with Gasteiger partial charge >= 0.3 is 0 Å². The zero-order valence-corrected chi connectivity index (χ0v) is 11.7. The molecule has 100 valence electrons. The van der Waals surface area contributed by atoms with Crippen molar-refractivity contribution >= 4 is 0 Å². The molecule has 0 atom stereocenters. The van der Waals surface area contributed by atoms with Gasteiger partial charge in [-0.3, -0.25) is 0 Å². The molecule has 0 aliphatic heterocycles. The Kier molecular flexibility index (Phi) is 5.06. The molecule has 0 unspecified atom stereocenters. The molecule has 0 spiro atoms. The summed E-state index contributed by atoms with van der Waals surface area (Å²) < 4.78 is 5.79. The second-order valence-corrected chi connectivity index (χ2v) is 5.46. The summed E-state index contributed by atoms with van der Waals surface area (Å²) in [6, 6.07) is 7.16. The zero-order chi connectivity index (χ0) is 12.8. The molecule has 18 heavy (non-hydrogen) atoms. The number of hydrogen-bond acceptors (Lipinski definition) is 2. The predicted octanol–water partition coefficient (Wildman–Crippen LogP) is 3.60. The van der Waals surface area contributed by atoms with E-state index in [9.17, 15) is 0 Å². The van der Waals surface area contributed by atoms with Gasteiger partial charge in [0.2, 0.25) is 0 Å². The van der Waals surface area contributed by atoms with Gasteiger partial charge in [0.15, 0.2) is 0 Å². The predicted molar refractivity (Wildman–Crippen MR) is 76.3 cm³/mol. The highest BCUT2D eigenvalue weighted by atomic mass is 16.5. The second kappa shape index (κ2) is 6.79. The summed E-state index contributed by atoms with van der Waals surface area (Å²) in [5.41, 5.74) is 2.54. The molecule has 1 saturated carbocycles. The van der Waals surface area contributed by atoms with Crippen molar-refractivity contribution in [2.75, 3.05) is 13.2 Å². The van der Waals surface area contributed by atoms with Crippen molar-refractivity contribution in [3.63, 3.8) is 0 Å². The lowest BCUT2D eigenvalue weighted by atomic mass is 10.1. The average Bonchev–Trinajstić information content (AvgIpc) is 2.80. The van der Waals surface area contributed by atoms with Gasteiger partial charge in [-0.05, 0) is 62.9 Å². The Bertz CT molecular complexity index is 349. The van der Waals surface area contributed by atoms with Crippen molar-refractivity contribution in [3.8, 4) is 5.75 Å². The summed E-state index contributed by atoms with van der Waals surface area (Å²) in [5.74, 6) is 1.01. The van der Waals surface area contributed by atoms with E-state index >= 15 is 0 Å². The van der Waals surface area contributed by atoms with E-state index in [1.165, 1.54) is 36.8 Å². The maximum atomic E-state index is 5.79. The topological polar surface area (TPSA) is 21.3 Å². The Balaban J connectivity index is 1.62. The SMILES string of the molecule is Cc1cc(C)cc(OCCCNC2CCCC2)c1. The lowest BCUT2D eigenvalue weighted by Crippen LogP contribution is -2.27. The monoisotopic (exact) mass is 247 g/mol. The molecule has 1 aromatic rings. The first-order chi connectivity index (χ1) is 8.74. The third-order valence-corrected chi connectivity index (χ3v) is 3.57. The molecule has 1 N–H and O–H groups in total. The van der Waals surface area contributed by atoms with Crippen LogP contribution < -0.4 is 10.1 Å². The summed E-state index contributed by atoms with van der Waals surface area (Å²) in [5, 5.41) is 3.61. The molecule has 1 aliphatic rings. The fraction of sp³-hybridized carbons (Fsp3) is 0.625. The van der Waals surface area contributed by atoms with Crippen LogP contribution in [0.25, 0.3) is 0 Å². The van der Waals surface area contributed by atoms with E-state index < -0.39 is 0 Å². The number of hydrogen-bond donors (Lipinski definition) is 1. The Morgan fingerprint density at radius 2 is 1.78 bits per heavy atom. The van der Waals surface area contributed by atoms with Gasteiger partial charge in [-0.15, -0.1) is 0 Å².